The smallest absolute Gasteiger partial charge is 0.220 e. The van der Waals surface area contributed by atoms with Crippen molar-refractivity contribution in [1.29, 1.82) is 0 Å². The van der Waals surface area contributed by atoms with E-state index in [1.165, 1.54) is 6.42 Å². The highest BCUT2D eigenvalue weighted by atomic mass is 16.4. The van der Waals surface area contributed by atoms with Gasteiger partial charge in [-0.1, -0.05) is 34.6 Å². The Morgan fingerprint density at radius 1 is 1.11 bits per heavy atom. The molecule has 0 unspecified atom stereocenters. The van der Waals surface area contributed by atoms with E-state index in [9.17, 15) is 0 Å². The minimum absolute atomic E-state index is 0.263. The van der Waals surface area contributed by atoms with Crippen molar-refractivity contribution in [3.8, 4) is 0 Å². The monoisotopic (exact) mass is 265 g/mol. The van der Waals surface area contributed by atoms with Gasteiger partial charge in [0.2, 0.25) is 11.8 Å². The fraction of sp³-hybridized carbons (Fsp3) is 0.867. The summed E-state index contributed by atoms with van der Waals surface area (Å²) in [6.45, 7) is 13.4. The SMILES string of the molecule is CCCNCCCc1nnc(C2C(C)(C)C2(C)C)o1. The molecule has 0 amide bonds. The lowest BCUT2D eigenvalue weighted by atomic mass is 10.0. The Kier molecular flexibility index (Phi) is 4.00. The van der Waals surface area contributed by atoms with E-state index in [4.69, 9.17) is 4.42 Å². The molecule has 0 atom stereocenters. The van der Waals surface area contributed by atoms with Crippen molar-refractivity contribution >= 4 is 0 Å². The van der Waals surface area contributed by atoms with E-state index in [-0.39, 0.29) is 10.8 Å². The van der Waals surface area contributed by atoms with Gasteiger partial charge >= 0.3 is 0 Å². The molecule has 108 valence electrons. The molecule has 0 saturated heterocycles. The third-order valence-electron chi connectivity index (χ3n) is 4.92. The summed E-state index contributed by atoms with van der Waals surface area (Å²) >= 11 is 0. The standard InChI is InChI=1S/C15H27N3O/c1-6-9-16-10-7-8-11-17-18-13(19-11)12-14(2,3)15(12,4)5/h12,16H,6-10H2,1-5H3. The molecule has 19 heavy (non-hydrogen) atoms. The molecule has 0 aliphatic heterocycles. The first-order valence-corrected chi connectivity index (χ1v) is 7.44. The molecule has 0 aromatic carbocycles. The van der Waals surface area contributed by atoms with Gasteiger partial charge in [-0.05, 0) is 36.8 Å². The van der Waals surface area contributed by atoms with Gasteiger partial charge in [0, 0.05) is 12.3 Å². The van der Waals surface area contributed by atoms with Crippen molar-refractivity contribution in [2.75, 3.05) is 13.1 Å². The number of rotatable bonds is 7. The molecule has 2 rings (SSSR count). The number of hydrogen-bond donors (Lipinski definition) is 1. The second-order valence-corrected chi connectivity index (χ2v) is 6.76. The van der Waals surface area contributed by atoms with E-state index in [2.05, 4.69) is 50.1 Å². The first kappa shape index (κ1) is 14.5. The van der Waals surface area contributed by atoms with Crippen LogP contribution >= 0.6 is 0 Å². The van der Waals surface area contributed by atoms with Gasteiger partial charge in [-0.3, -0.25) is 0 Å². The molecule has 1 aliphatic carbocycles. The summed E-state index contributed by atoms with van der Waals surface area (Å²) in [5, 5.41) is 11.8. The van der Waals surface area contributed by atoms with Crippen LogP contribution < -0.4 is 5.32 Å². The van der Waals surface area contributed by atoms with Crippen LogP contribution in [-0.2, 0) is 6.42 Å². The normalized spacial score (nSPS) is 20.7. The minimum atomic E-state index is 0.263. The molecule has 1 N–H and O–H groups in total. The van der Waals surface area contributed by atoms with Gasteiger partial charge in [0.15, 0.2) is 0 Å². The predicted molar refractivity (Wildman–Crippen MR) is 76.1 cm³/mol. The summed E-state index contributed by atoms with van der Waals surface area (Å²) in [4.78, 5) is 0. The van der Waals surface area contributed by atoms with Gasteiger partial charge in [0.1, 0.15) is 0 Å². The zero-order valence-electron chi connectivity index (χ0n) is 12.9. The van der Waals surface area contributed by atoms with E-state index < -0.39 is 0 Å². The van der Waals surface area contributed by atoms with E-state index >= 15 is 0 Å². The van der Waals surface area contributed by atoms with Gasteiger partial charge in [-0.2, -0.15) is 0 Å². The topological polar surface area (TPSA) is 51.0 Å². The van der Waals surface area contributed by atoms with Crippen molar-refractivity contribution in [3.05, 3.63) is 11.8 Å². The maximum Gasteiger partial charge on any atom is 0.220 e. The van der Waals surface area contributed by atoms with E-state index in [1.54, 1.807) is 0 Å². The summed E-state index contributed by atoms with van der Waals surface area (Å²) in [5.41, 5.74) is 0.527. The lowest BCUT2D eigenvalue weighted by Gasteiger charge is -2.03. The average Bonchev–Trinajstić information content (AvgIpc) is 2.69. The summed E-state index contributed by atoms with van der Waals surface area (Å²) < 4.78 is 5.84. The number of nitrogens with one attached hydrogen (secondary N) is 1. The number of nitrogens with zero attached hydrogens (tertiary/aromatic N) is 2. The zero-order valence-corrected chi connectivity index (χ0v) is 12.9. The molecule has 1 saturated carbocycles. The van der Waals surface area contributed by atoms with Crippen LogP contribution in [0.25, 0.3) is 0 Å². The predicted octanol–water partition coefficient (Wildman–Crippen LogP) is 3.15. The average molecular weight is 265 g/mol. The molecule has 0 bridgehead atoms. The van der Waals surface area contributed by atoms with E-state index in [0.717, 1.165) is 37.7 Å². The zero-order chi connectivity index (χ0) is 14.1. The van der Waals surface area contributed by atoms with Gasteiger partial charge in [-0.15, -0.1) is 10.2 Å². The maximum absolute atomic E-state index is 5.84. The van der Waals surface area contributed by atoms with Gasteiger partial charge < -0.3 is 9.73 Å². The minimum Gasteiger partial charge on any atom is -0.425 e. The highest BCUT2D eigenvalue weighted by Gasteiger charge is 2.67. The van der Waals surface area contributed by atoms with Gasteiger partial charge in [-0.25, -0.2) is 0 Å². The van der Waals surface area contributed by atoms with Crippen molar-refractivity contribution in [1.82, 2.24) is 15.5 Å². The molecule has 4 nitrogen and oxygen atoms in total. The van der Waals surface area contributed by atoms with Crippen LogP contribution in [0, 0.1) is 10.8 Å². The van der Waals surface area contributed by atoms with Crippen LogP contribution in [0.4, 0.5) is 0 Å². The Labute approximate surface area is 116 Å². The fourth-order valence-corrected chi connectivity index (χ4v) is 2.96. The molecule has 1 fully saturated rings. The molecule has 4 heteroatoms. The first-order valence-electron chi connectivity index (χ1n) is 7.44. The maximum atomic E-state index is 5.84. The molecular weight excluding hydrogens is 238 g/mol. The molecule has 1 heterocycles. The van der Waals surface area contributed by atoms with Crippen LogP contribution in [0.15, 0.2) is 4.42 Å². The summed E-state index contributed by atoms with van der Waals surface area (Å²) in [7, 11) is 0. The van der Waals surface area contributed by atoms with Gasteiger partial charge in [0.25, 0.3) is 0 Å². The lowest BCUT2D eigenvalue weighted by Crippen LogP contribution is -2.16. The second-order valence-electron chi connectivity index (χ2n) is 6.76. The Morgan fingerprint density at radius 2 is 1.79 bits per heavy atom. The van der Waals surface area contributed by atoms with Crippen LogP contribution in [0.2, 0.25) is 0 Å². The van der Waals surface area contributed by atoms with Crippen LogP contribution in [-0.4, -0.2) is 23.3 Å². The lowest BCUT2D eigenvalue weighted by molar-refractivity contribution is 0.425. The molecule has 1 aliphatic rings. The summed E-state index contributed by atoms with van der Waals surface area (Å²) in [5.74, 6) is 2.01. The molecule has 0 spiro atoms. The third-order valence-corrected chi connectivity index (χ3v) is 4.92. The van der Waals surface area contributed by atoms with Crippen molar-refractivity contribution in [3.63, 3.8) is 0 Å². The highest BCUT2D eigenvalue weighted by molar-refractivity contribution is 5.24. The highest BCUT2D eigenvalue weighted by Crippen LogP contribution is 2.73. The Hall–Kier alpha value is -0.900. The van der Waals surface area contributed by atoms with Crippen LogP contribution in [0.1, 0.15) is 65.2 Å². The van der Waals surface area contributed by atoms with Crippen molar-refractivity contribution in [2.24, 2.45) is 10.8 Å². The number of aryl methyl sites for hydroxylation is 1. The van der Waals surface area contributed by atoms with Crippen molar-refractivity contribution < 1.29 is 4.42 Å². The summed E-state index contributed by atoms with van der Waals surface area (Å²) in [6.07, 6.45) is 3.10. The number of aromatic nitrogens is 2. The number of hydrogen-bond acceptors (Lipinski definition) is 4. The Morgan fingerprint density at radius 3 is 2.37 bits per heavy atom. The fourth-order valence-electron chi connectivity index (χ4n) is 2.96. The third kappa shape index (κ3) is 2.69. The molecular formula is C15H27N3O. The van der Waals surface area contributed by atoms with Crippen molar-refractivity contribution in [2.45, 2.75) is 59.8 Å². The molecule has 0 radical (unpaired) electrons. The van der Waals surface area contributed by atoms with Crippen LogP contribution in [0.3, 0.4) is 0 Å². The second kappa shape index (κ2) is 5.23. The molecule has 1 aromatic heterocycles. The largest absolute Gasteiger partial charge is 0.425 e. The molecule has 1 aromatic rings. The van der Waals surface area contributed by atoms with E-state index in [1.807, 2.05) is 0 Å². The Balaban J connectivity index is 1.84. The quantitative estimate of drug-likeness (QED) is 0.769. The van der Waals surface area contributed by atoms with Crippen LogP contribution in [0.5, 0.6) is 0 Å². The Bertz CT molecular complexity index is 409. The first-order chi connectivity index (χ1) is 8.91. The van der Waals surface area contributed by atoms with Gasteiger partial charge in [0.05, 0.1) is 0 Å². The summed E-state index contributed by atoms with van der Waals surface area (Å²) in [6, 6.07) is 0. The van der Waals surface area contributed by atoms with E-state index in [0.29, 0.717) is 5.92 Å².